The molecule has 0 saturated carbocycles. The molecular weight excluding hydrogens is 600 g/mol. The van der Waals surface area contributed by atoms with Gasteiger partial charge in [-0.1, -0.05) is 36.4 Å². The number of morpholine rings is 1. The molecule has 0 spiro atoms. The van der Waals surface area contributed by atoms with E-state index in [0.29, 0.717) is 42.9 Å². The van der Waals surface area contributed by atoms with Crippen molar-refractivity contribution in [1.29, 1.82) is 0 Å². The third-order valence-electron chi connectivity index (χ3n) is 7.67. The Bertz CT molecular complexity index is 1510. The Kier molecular flexibility index (Phi) is 11.8. The molecule has 0 aliphatic carbocycles. The Labute approximate surface area is 276 Å². The maximum Gasteiger partial charge on any atom is 0.412 e. The molecule has 47 heavy (non-hydrogen) atoms. The van der Waals surface area contributed by atoms with Crippen LogP contribution < -0.4 is 21.3 Å². The van der Waals surface area contributed by atoms with Gasteiger partial charge in [0.15, 0.2) is 6.29 Å². The summed E-state index contributed by atoms with van der Waals surface area (Å²) in [5, 5.41) is 15.8. The van der Waals surface area contributed by atoms with Gasteiger partial charge >= 0.3 is 12.1 Å². The zero-order valence-corrected chi connectivity index (χ0v) is 27.7. The summed E-state index contributed by atoms with van der Waals surface area (Å²) in [6, 6.07) is 21.4. The molecular formula is C35H46N6O6. The second kappa shape index (κ2) is 15.8. The summed E-state index contributed by atoms with van der Waals surface area (Å²) in [5.41, 5.74) is 9.49. The van der Waals surface area contributed by atoms with Crippen LogP contribution in [0.3, 0.4) is 0 Å². The fourth-order valence-electron chi connectivity index (χ4n) is 5.31. The fraction of sp³-hybridized carbons (Fsp3) is 0.400. The molecule has 5 N–H and O–H groups in total. The van der Waals surface area contributed by atoms with Gasteiger partial charge in [-0.3, -0.25) is 15.0 Å². The number of aliphatic hydroxyl groups is 1. The number of ether oxygens (including phenoxy) is 2. The molecule has 0 bridgehead atoms. The van der Waals surface area contributed by atoms with Crippen molar-refractivity contribution in [2.45, 2.75) is 58.2 Å². The third kappa shape index (κ3) is 10.4. The second-order valence-electron chi connectivity index (χ2n) is 12.7. The number of para-hydroxylation sites is 2. The smallest absolute Gasteiger partial charge is 0.412 e. The normalized spacial score (nSPS) is 15.7. The summed E-state index contributed by atoms with van der Waals surface area (Å²) in [5.74, 6) is -0.373. The molecule has 12 heteroatoms. The van der Waals surface area contributed by atoms with Crippen LogP contribution in [0.1, 0.15) is 48.7 Å². The summed E-state index contributed by atoms with van der Waals surface area (Å²) in [6.45, 7) is 6.63. The van der Waals surface area contributed by atoms with E-state index in [4.69, 9.17) is 15.2 Å². The van der Waals surface area contributed by atoms with Crippen molar-refractivity contribution >= 4 is 35.1 Å². The topological polar surface area (TPSA) is 150 Å². The summed E-state index contributed by atoms with van der Waals surface area (Å²) in [7, 11) is 3.98. The maximum absolute atomic E-state index is 13.2. The van der Waals surface area contributed by atoms with Gasteiger partial charge in [-0.05, 0) is 81.1 Å². The van der Waals surface area contributed by atoms with Crippen molar-refractivity contribution in [2.24, 2.45) is 5.73 Å². The highest BCUT2D eigenvalue weighted by Crippen LogP contribution is 2.24. The van der Waals surface area contributed by atoms with Gasteiger partial charge in [-0.15, -0.1) is 0 Å². The Morgan fingerprint density at radius 3 is 2.17 bits per heavy atom. The van der Waals surface area contributed by atoms with Crippen molar-refractivity contribution in [1.82, 2.24) is 9.80 Å². The van der Waals surface area contributed by atoms with Gasteiger partial charge in [-0.25, -0.2) is 9.59 Å². The molecule has 0 radical (unpaired) electrons. The van der Waals surface area contributed by atoms with E-state index in [0.717, 1.165) is 16.8 Å². The molecule has 2 unspecified atom stereocenters. The molecule has 4 rings (SSSR count). The SMILES string of the molecule is CN(C)c1ccc(CCC(N2CCOC(O)C2)N(Cc2ccc(C(=O)Nc3ccccc3NC(=O)OC(C)(C)C)cc2)C(N)=O)cc1. The number of anilines is 3. The number of nitrogens with one attached hydrogen (secondary N) is 2. The van der Waals surface area contributed by atoms with Crippen LogP contribution in [0.15, 0.2) is 72.8 Å². The molecule has 1 saturated heterocycles. The number of β-amino-alcohol motifs (C(OH)–C–C–N with tert-alkyl or cyclic N) is 1. The number of amides is 4. The molecule has 3 aromatic carbocycles. The molecule has 1 heterocycles. The first-order valence-electron chi connectivity index (χ1n) is 15.6. The van der Waals surface area contributed by atoms with Crippen LogP contribution in [0.5, 0.6) is 0 Å². The van der Waals surface area contributed by atoms with Crippen LogP contribution in [0.2, 0.25) is 0 Å². The van der Waals surface area contributed by atoms with E-state index < -0.39 is 30.2 Å². The summed E-state index contributed by atoms with van der Waals surface area (Å²) in [4.78, 5) is 44.0. The Morgan fingerprint density at radius 2 is 1.60 bits per heavy atom. The highest BCUT2D eigenvalue weighted by molar-refractivity contribution is 6.06. The van der Waals surface area contributed by atoms with Gasteiger partial charge in [0.25, 0.3) is 5.91 Å². The summed E-state index contributed by atoms with van der Waals surface area (Å²) in [6.07, 6.45) is -0.693. The minimum Gasteiger partial charge on any atom is -0.444 e. The lowest BCUT2D eigenvalue weighted by atomic mass is 10.0. The number of primary amides is 1. The molecule has 4 amide bonds. The van der Waals surface area contributed by atoms with Crippen LogP contribution in [0.4, 0.5) is 26.7 Å². The van der Waals surface area contributed by atoms with E-state index in [1.54, 1.807) is 74.2 Å². The van der Waals surface area contributed by atoms with E-state index in [1.807, 2.05) is 23.9 Å². The van der Waals surface area contributed by atoms with Gasteiger partial charge in [-0.2, -0.15) is 0 Å². The number of nitrogens with zero attached hydrogens (tertiary/aromatic N) is 3. The number of carbonyl (C=O) groups excluding carboxylic acids is 3. The molecule has 3 aromatic rings. The number of hydrogen-bond donors (Lipinski definition) is 4. The monoisotopic (exact) mass is 646 g/mol. The molecule has 12 nitrogen and oxygen atoms in total. The zero-order valence-electron chi connectivity index (χ0n) is 27.7. The number of aryl methyl sites for hydroxylation is 1. The zero-order chi connectivity index (χ0) is 34.1. The van der Waals surface area contributed by atoms with Crippen LogP contribution in [0, 0.1) is 0 Å². The second-order valence-corrected chi connectivity index (χ2v) is 12.7. The van der Waals surface area contributed by atoms with Gasteiger partial charge in [0.1, 0.15) is 5.60 Å². The molecule has 2 atom stereocenters. The van der Waals surface area contributed by atoms with Gasteiger partial charge < -0.3 is 35.4 Å². The minimum absolute atomic E-state index is 0.206. The summed E-state index contributed by atoms with van der Waals surface area (Å²) >= 11 is 0. The molecule has 1 aliphatic rings. The number of carbonyl (C=O) groups is 3. The first kappa shape index (κ1) is 35.2. The number of rotatable bonds is 11. The van der Waals surface area contributed by atoms with E-state index in [2.05, 4.69) is 34.9 Å². The number of urea groups is 1. The van der Waals surface area contributed by atoms with Gasteiger partial charge in [0, 0.05) is 38.4 Å². The lowest BCUT2D eigenvalue weighted by molar-refractivity contribution is -0.162. The first-order chi connectivity index (χ1) is 22.3. The standard InChI is InChI=1S/C35H46N6O6/c1-35(2,3)47-34(45)38-29-9-7-6-8-28(29)37-32(43)26-15-10-25(11-16-26)22-41(33(36)44)30(40-20-21-46-31(42)23-40)19-14-24-12-17-27(18-13-24)39(4)5/h6-13,15-18,30-31,42H,14,19-23H2,1-5H3,(H2,36,44)(H,37,43)(H,38,45). The summed E-state index contributed by atoms with van der Waals surface area (Å²) < 4.78 is 10.7. The van der Waals surface area contributed by atoms with Crippen LogP contribution in [-0.2, 0) is 22.4 Å². The quantitative estimate of drug-likeness (QED) is 0.231. The fourth-order valence-corrected chi connectivity index (χ4v) is 5.31. The molecule has 1 fully saturated rings. The van der Waals surface area contributed by atoms with Crippen molar-refractivity contribution < 1.29 is 29.0 Å². The third-order valence-corrected chi connectivity index (χ3v) is 7.67. The van der Waals surface area contributed by atoms with E-state index >= 15 is 0 Å². The van der Waals surface area contributed by atoms with Gasteiger partial charge in [0.05, 0.1) is 30.7 Å². The van der Waals surface area contributed by atoms with Crippen molar-refractivity contribution in [3.05, 3.63) is 89.5 Å². The predicted molar refractivity (Wildman–Crippen MR) is 182 cm³/mol. The predicted octanol–water partition coefficient (Wildman–Crippen LogP) is 4.84. The highest BCUT2D eigenvalue weighted by atomic mass is 16.6. The van der Waals surface area contributed by atoms with Crippen molar-refractivity contribution in [2.75, 3.05) is 49.3 Å². The van der Waals surface area contributed by atoms with Gasteiger partial charge in [0.2, 0.25) is 0 Å². The van der Waals surface area contributed by atoms with E-state index in [9.17, 15) is 19.5 Å². The first-order valence-corrected chi connectivity index (χ1v) is 15.6. The van der Waals surface area contributed by atoms with Crippen LogP contribution >= 0.6 is 0 Å². The average molecular weight is 647 g/mol. The molecule has 1 aliphatic heterocycles. The molecule has 252 valence electrons. The highest BCUT2D eigenvalue weighted by Gasteiger charge is 2.31. The largest absolute Gasteiger partial charge is 0.444 e. The number of hydrogen-bond acceptors (Lipinski definition) is 8. The van der Waals surface area contributed by atoms with Crippen molar-refractivity contribution in [3.8, 4) is 0 Å². The molecule has 0 aromatic heterocycles. The Hall–Kier alpha value is -4.65. The average Bonchev–Trinajstić information content (AvgIpc) is 3.01. The number of benzene rings is 3. The van der Waals surface area contributed by atoms with Crippen LogP contribution in [0.25, 0.3) is 0 Å². The van der Waals surface area contributed by atoms with Crippen LogP contribution in [-0.4, -0.2) is 84.8 Å². The van der Waals surface area contributed by atoms with Crippen molar-refractivity contribution in [3.63, 3.8) is 0 Å². The lowest BCUT2D eigenvalue weighted by Gasteiger charge is -2.42. The number of aliphatic hydroxyl groups excluding tert-OH is 1. The Morgan fingerprint density at radius 1 is 0.979 bits per heavy atom. The van der Waals surface area contributed by atoms with E-state index in [1.165, 1.54) is 0 Å². The number of nitrogens with two attached hydrogens (primary N) is 1. The minimum atomic E-state index is -0.956. The maximum atomic E-state index is 13.2. The lowest BCUT2D eigenvalue weighted by Crippen LogP contribution is -2.57. The Balaban J connectivity index is 1.46. The van der Waals surface area contributed by atoms with E-state index in [-0.39, 0.29) is 19.0 Å².